The lowest BCUT2D eigenvalue weighted by Crippen LogP contribution is -2.31. The minimum absolute atomic E-state index is 0.0899. The van der Waals surface area contributed by atoms with Gasteiger partial charge in [0.05, 0.1) is 29.5 Å². The molecule has 2 aromatic carbocycles. The van der Waals surface area contributed by atoms with Gasteiger partial charge in [-0.2, -0.15) is 0 Å². The van der Waals surface area contributed by atoms with Gasteiger partial charge in [0, 0.05) is 17.4 Å². The molecule has 1 N–H and O–H groups in total. The normalized spacial score (nSPS) is 12.7. The molecule has 0 saturated carbocycles. The van der Waals surface area contributed by atoms with Crippen molar-refractivity contribution in [1.82, 2.24) is 4.90 Å². The Hall–Kier alpha value is -3.00. The molecule has 1 aliphatic heterocycles. The summed E-state index contributed by atoms with van der Waals surface area (Å²) in [7, 11) is 1.27. The fourth-order valence-electron chi connectivity index (χ4n) is 2.96. The number of imide groups is 1. The lowest BCUT2D eigenvalue weighted by atomic mass is 10.1. The van der Waals surface area contributed by atoms with Crippen LogP contribution < -0.4 is 5.32 Å². The second-order valence-electron chi connectivity index (χ2n) is 6.14. The van der Waals surface area contributed by atoms with Crippen LogP contribution in [0.1, 0.15) is 43.9 Å². The molecule has 0 fully saturated rings. The zero-order valence-electron chi connectivity index (χ0n) is 15.0. The van der Waals surface area contributed by atoms with Crippen molar-refractivity contribution in [3.05, 3.63) is 63.6 Å². The molecule has 0 unspecified atom stereocenters. The largest absolute Gasteiger partial charge is 0.465 e. The Balaban J connectivity index is 1.58. The standard InChI is InChI=1S/C20H17BrN2O5/c1-28-20(27)14-5-2-3-6-16(14)22-17(24)7-4-10-23-18(25)13-9-8-12(21)11-15(13)19(23)26/h2-3,5-6,8-9,11H,4,7,10H2,1H3,(H,22,24). The van der Waals surface area contributed by atoms with Crippen LogP contribution in [0.2, 0.25) is 0 Å². The third kappa shape index (κ3) is 3.96. The number of para-hydroxylation sites is 1. The zero-order valence-corrected chi connectivity index (χ0v) is 16.6. The third-order valence-electron chi connectivity index (χ3n) is 4.32. The summed E-state index contributed by atoms with van der Waals surface area (Å²) in [6.45, 7) is 0.135. The van der Waals surface area contributed by atoms with Crippen LogP contribution in [0, 0.1) is 0 Å². The molecule has 3 amide bonds. The van der Waals surface area contributed by atoms with E-state index in [0.29, 0.717) is 23.2 Å². The van der Waals surface area contributed by atoms with E-state index in [0.717, 1.165) is 9.37 Å². The number of anilines is 1. The van der Waals surface area contributed by atoms with Crippen molar-refractivity contribution in [1.29, 1.82) is 0 Å². The number of halogens is 1. The second kappa shape index (κ2) is 8.35. The van der Waals surface area contributed by atoms with E-state index < -0.39 is 5.97 Å². The van der Waals surface area contributed by atoms with Gasteiger partial charge in [-0.1, -0.05) is 28.1 Å². The van der Waals surface area contributed by atoms with Crippen LogP contribution in [0.4, 0.5) is 5.69 Å². The number of hydrogen-bond acceptors (Lipinski definition) is 5. The van der Waals surface area contributed by atoms with Crippen molar-refractivity contribution >= 4 is 45.3 Å². The van der Waals surface area contributed by atoms with E-state index in [1.165, 1.54) is 7.11 Å². The van der Waals surface area contributed by atoms with E-state index in [4.69, 9.17) is 4.74 Å². The molecule has 0 aliphatic carbocycles. The van der Waals surface area contributed by atoms with Crippen molar-refractivity contribution in [2.75, 3.05) is 19.0 Å². The van der Waals surface area contributed by atoms with E-state index in [1.54, 1.807) is 42.5 Å². The number of benzene rings is 2. The molecule has 0 atom stereocenters. The number of hydrogen-bond donors (Lipinski definition) is 1. The number of methoxy groups -OCH3 is 1. The van der Waals surface area contributed by atoms with E-state index in [2.05, 4.69) is 21.2 Å². The van der Waals surface area contributed by atoms with E-state index >= 15 is 0 Å². The Morgan fingerprint density at radius 3 is 2.54 bits per heavy atom. The Kier molecular flexibility index (Phi) is 5.89. The predicted molar refractivity (Wildman–Crippen MR) is 105 cm³/mol. The predicted octanol–water partition coefficient (Wildman–Crippen LogP) is 3.25. The number of rotatable bonds is 6. The molecule has 2 aromatic rings. The first-order valence-corrected chi connectivity index (χ1v) is 9.34. The minimum Gasteiger partial charge on any atom is -0.465 e. The first-order chi connectivity index (χ1) is 13.4. The Bertz CT molecular complexity index is 973. The molecule has 1 aliphatic rings. The lowest BCUT2D eigenvalue weighted by Gasteiger charge is -2.14. The highest BCUT2D eigenvalue weighted by Crippen LogP contribution is 2.26. The summed E-state index contributed by atoms with van der Waals surface area (Å²) < 4.78 is 5.41. The second-order valence-corrected chi connectivity index (χ2v) is 7.06. The molecule has 0 radical (unpaired) electrons. The molecule has 0 aromatic heterocycles. The number of nitrogens with one attached hydrogen (secondary N) is 1. The molecular formula is C20H17BrN2O5. The maximum absolute atomic E-state index is 12.4. The van der Waals surface area contributed by atoms with Crippen LogP contribution in [0.5, 0.6) is 0 Å². The number of esters is 1. The van der Waals surface area contributed by atoms with Gasteiger partial charge >= 0.3 is 5.97 Å². The Morgan fingerprint density at radius 2 is 1.79 bits per heavy atom. The Morgan fingerprint density at radius 1 is 1.07 bits per heavy atom. The minimum atomic E-state index is -0.548. The van der Waals surface area contributed by atoms with Crippen molar-refractivity contribution < 1.29 is 23.9 Å². The van der Waals surface area contributed by atoms with Gasteiger partial charge in [0.1, 0.15) is 0 Å². The highest BCUT2D eigenvalue weighted by Gasteiger charge is 2.35. The molecule has 0 bridgehead atoms. The number of amides is 3. The summed E-state index contributed by atoms with van der Waals surface area (Å²) in [4.78, 5) is 49.9. The van der Waals surface area contributed by atoms with Gasteiger partial charge in [0.25, 0.3) is 11.8 Å². The van der Waals surface area contributed by atoms with Gasteiger partial charge in [-0.25, -0.2) is 4.79 Å². The van der Waals surface area contributed by atoms with Crippen LogP contribution in [-0.4, -0.2) is 42.2 Å². The molecule has 8 heteroatoms. The SMILES string of the molecule is COC(=O)c1ccccc1NC(=O)CCCN1C(=O)c2ccc(Br)cc2C1=O. The third-order valence-corrected chi connectivity index (χ3v) is 4.82. The van der Waals surface area contributed by atoms with Crippen LogP contribution in [-0.2, 0) is 9.53 Å². The van der Waals surface area contributed by atoms with Crippen LogP contribution >= 0.6 is 15.9 Å². The Labute approximate surface area is 169 Å². The molecule has 144 valence electrons. The average molecular weight is 445 g/mol. The summed E-state index contributed by atoms with van der Waals surface area (Å²) in [5.41, 5.74) is 1.33. The molecule has 28 heavy (non-hydrogen) atoms. The average Bonchev–Trinajstić information content (AvgIpc) is 2.92. The fourth-order valence-corrected chi connectivity index (χ4v) is 3.32. The van der Waals surface area contributed by atoms with Gasteiger partial charge < -0.3 is 10.1 Å². The molecule has 7 nitrogen and oxygen atoms in total. The smallest absolute Gasteiger partial charge is 0.339 e. The number of ether oxygens (including phenoxy) is 1. The fraction of sp³-hybridized carbons (Fsp3) is 0.200. The van der Waals surface area contributed by atoms with E-state index in [1.807, 2.05) is 0 Å². The van der Waals surface area contributed by atoms with Crippen molar-refractivity contribution in [2.45, 2.75) is 12.8 Å². The number of fused-ring (bicyclic) bond motifs is 1. The van der Waals surface area contributed by atoms with Crippen molar-refractivity contribution in [3.63, 3.8) is 0 Å². The topological polar surface area (TPSA) is 92.8 Å². The maximum atomic E-state index is 12.4. The summed E-state index contributed by atoms with van der Waals surface area (Å²) in [5, 5.41) is 2.66. The van der Waals surface area contributed by atoms with Gasteiger partial charge in [-0.05, 0) is 36.8 Å². The number of nitrogens with zero attached hydrogens (tertiary/aromatic N) is 1. The van der Waals surface area contributed by atoms with Crippen molar-refractivity contribution in [2.24, 2.45) is 0 Å². The van der Waals surface area contributed by atoms with E-state index in [-0.39, 0.29) is 36.3 Å². The van der Waals surface area contributed by atoms with Crippen molar-refractivity contribution in [3.8, 4) is 0 Å². The van der Waals surface area contributed by atoms with Crippen LogP contribution in [0.25, 0.3) is 0 Å². The molecular weight excluding hydrogens is 428 g/mol. The molecule has 0 spiro atoms. The van der Waals surface area contributed by atoms with Gasteiger partial charge in [-0.15, -0.1) is 0 Å². The highest BCUT2D eigenvalue weighted by atomic mass is 79.9. The number of carbonyl (C=O) groups excluding carboxylic acids is 4. The summed E-state index contributed by atoms with van der Waals surface area (Å²) in [6.07, 6.45) is 0.394. The summed E-state index contributed by atoms with van der Waals surface area (Å²) in [5.74, 6) is -1.59. The monoisotopic (exact) mass is 444 g/mol. The van der Waals surface area contributed by atoms with Gasteiger partial charge in [-0.3, -0.25) is 19.3 Å². The number of carbonyl (C=O) groups is 4. The first-order valence-electron chi connectivity index (χ1n) is 8.55. The van der Waals surface area contributed by atoms with E-state index in [9.17, 15) is 19.2 Å². The summed E-state index contributed by atoms with van der Waals surface area (Å²) in [6, 6.07) is 11.5. The van der Waals surface area contributed by atoms with Gasteiger partial charge in [0.2, 0.25) is 5.91 Å². The highest BCUT2D eigenvalue weighted by molar-refractivity contribution is 9.10. The van der Waals surface area contributed by atoms with Gasteiger partial charge in [0.15, 0.2) is 0 Å². The summed E-state index contributed by atoms with van der Waals surface area (Å²) >= 11 is 3.29. The maximum Gasteiger partial charge on any atom is 0.339 e. The zero-order chi connectivity index (χ0) is 20.3. The van der Waals surface area contributed by atoms with Crippen LogP contribution in [0.3, 0.4) is 0 Å². The quantitative estimate of drug-likeness (QED) is 0.545. The first kappa shape index (κ1) is 19.8. The molecule has 3 rings (SSSR count). The lowest BCUT2D eigenvalue weighted by molar-refractivity contribution is -0.116. The molecule has 1 heterocycles. The molecule has 0 saturated heterocycles. The van der Waals surface area contributed by atoms with Crippen LogP contribution in [0.15, 0.2) is 46.9 Å².